The van der Waals surface area contributed by atoms with E-state index in [1.807, 2.05) is 6.92 Å². The Hall–Kier alpha value is -2.56. The van der Waals surface area contributed by atoms with Crippen molar-refractivity contribution in [1.82, 2.24) is 10.2 Å². The molecule has 0 saturated carbocycles. The van der Waals surface area contributed by atoms with Gasteiger partial charge >= 0.3 is 5.97 Å². The summed E-state index contributed by atoms with van der Waals surface area (Å²) in [7, 11) is 0. The van der Waals surface area contributed by atoms with Gasteiger partial charge in [0.15, 0.2) is 5.82 Å². The molecule has 0 aliphatic carbocycles. The third kappa shape index (κ3) is 2.07. The Balaban J connectivity index is 1.86. The number of nitrogens with zero attached hydrogens (tertiary/aromatic N) is 1. The Labute approximate surface area is 134 Å². The minimum Gasteiger partial charge on any atom is -0.456 e. The first-order valence-corrected chi connectivity index (χ1v) is 7.88. The number of carbonyl (C=O) groups excluding carboxylic acids is 1. The molecule has 0 bridgehead atoms. The molecule has 4 rings (SSSR count). The minimum absolute atomic E-state index is 0.129. The van der Waals surface area contributed by atoms with Crippen LogP contribution in [0.4, 0.5) is 5.82 Å². The van der Waals surface area contributed by atoms with Crippen LogP contribution < -0.4 is 5.32 Å². The minimum atomic E-state index is -0.239. The van der Waals surface area contributed by atoms with Crippen molar-refractivity contribution in [2.45, 2.75) is 32.6 Å². The zero-order valence-corrected chi connectivity index (χ0v) is 13.4. The second kappa shape index (κ2) is 4.98. The molecule has 23 heavy (non-hydrogen) atoms. The number of hydrogen-bond acceptors (Lipinski definition) is 4. The van der Waals surface area contributed by atoms with Crippen LogP contribution in [0.2, 0.25) is 0 Å². The SMILES string of the molecule is Cc1[nH]nc2c1C(c1ccc(C(C)C)cc1)C1=C(COC1=O)N2. The Bertz CT molecular complexity index is 815. The van der Waals surface area contributed by atoms with Gasteiger partial charge in [0.05, 0.1) is 11.3 Å². The summed E-state index contributed by atoms with van der Waals surface area (Å²) in [5, 5.41) is 10.6. The van der Waals surface area contributed by atoms with Gasteiger partial charge in [-0.3, -0.25) is 5.10 Å². The normalized spacial score (nSPS) is 19.5. The molecule has 0 fully saturated rings. The highest BCUT2D eigenvalue weighted by Crippen LogP contribution is 2.44. The van der Waals surface area contributed by atoms with E-state index < -0.39 is 0 Å². The molecule has 0 saturated heterocycles. The summed E-state index contributed by atoms with van der Waals surface area (Å²) in [6.07, 6.45) is 0. The quantitative estimate of drug-likeness (QED) is 0.836. The van der Waals surface area contributed by atoms with E-state index in [1.54, 1.807) is 0 Å². The van der Waals surface area contributed by atoms with Crippen molar-refractivity contribution in [3.05, 3.63) is 57.9 Å². The number of fused-ring (bicyclic) bond motifs is 1. The molecule has 5 heteroatoms. The van der Waals surface area contributed by atoms with Crippen molar-refractivity contribution >= 4 is 11.8 Å². The van der Waals surface area contributed by atoms with Crippen molar-refractivity contribution < 1.29 is 9.53 Å². The maximum absolute atomic E-state index is 12.3. The maximum atomic E-state index is 12.3. The summed E-state index contributed by atoms with van der Waals surface area (Å²) in [4.78, 5) is 12.3. The molecular formula is C18H19N3O2. The van der Waals surface area contributed by atoms with Crippen molar-refractivity contribution in [2.24, 2.45) is 0 Å². The number of carbonyl (C=O) groups is 1. The van der Waals surface area contributed by atoms with Crippen LogP contribution in [0.1, 0.15) is 48.1 Å². The molecule has 118 valence electrons. The number of nitrogens with one attached hydrogen (secondary N) is 2. The molecule has 2 aromatic rings. The second-order valence-electron chi connectivity index (χ2n) is 6.46. The van der Waals surface area contributed by atoms with E-state index in [0.717, 1.165) is 28.3 Å². The van der Waals surface area contributed by atoms with Crippen LogP contribution in [0.5, 0.6) is 0 Å². The third-order valence-corrected chi connectivity index (χ3v) is 4.67. The van der Waals surface area contributed by atoms with E-state index in [2.05, 4.69) is 53.6 Å². The average molecular weight is 309 g/mol. The lowest BCUT2D eigenvalue weighted by atomic mass is 9.81. The molecule has 5 nitrogen and oxygen atoms in total. The van der Waals surface area contributed by atoms with Gasteiger partial charge in [0.1, 0.15) is 6.61 Å². The molecule has 2 aliphatic rings. The second-order valence-corrected chi connectivity index (χ2v) is 6.46. The molecule has 1 unspecified atom stereocenters. The number of esters is 1. The molecule has 1 aromatic carbocycles. The summed E-state index contributed by atoms with van der Waals surface area (Å²) in [6.45, 7) is 6.62. The van der Waals surface area contributed by atoms with Gasteiger partial charge < -0.3 is 10.1 Å². The van der Waals surface area contributed by atoms with Gasteiger partial charge in [-0.05, 0) is 24.0 Å². The van der Waals surface area contributed by atoms with Gasteiger partial charge in [0, 0.05) is 17.2 Å². The Kier molecular flexibility index (Phi) is 3.04. The van der Waals surface area contributed by atoms with E-state index in [-0.39, 0.29) is 11.9 Å². The van der Waals surface area contributed by atoms with Crippen LogP contribution in [0.15, 0.2) is 35.5 Å². The monoisotopic (exact) mass is 309 g/mol. The van der Waals surface area contributed by atoms with Gasteiger partial charge in [0.25, 0.3) is 0 Å². The van der Waals surface area contributed by atoms with Crippen LogP contribution in [0, 0.1) is 6.92 Å². The van der Waals surface area contributed by atoms with Crippen LogP contribution in [-0.2, 0) is 9.53 Å². The molecule has 0 amide bonds. The Morgan fingerprint density at radius 3 is 2.70 bits per heavy atom. The van der Waals surface area contributed by atoms with Crippen molar-refractivity contribution in [1.29, 1.82) is 0 Å². The fraction of sp³-hybridized carbons (Fsp3) is 0.333. The van der Waals surface area contributed by atoms with E-state index in [0.29, 0.717) is 18.1 Å². The fourth-order valence-electron chi connectivity index (χ4n) is 3.39. The van der Waals surface area contributed by atoms with Gasteiger partial charge in [-0.2, -0.15) is 5.10 Å². The van der Waals surface area contributed by atoms with Crippen molar-refractivity contribution in [2.75, 3.05) is 11.9 Å². The van der Waals surface area contributed by atoms with Crippen LogP contribution in [0.3, 0.4) is 0 Å². The molecule has 0 spiro atoms. The smallest absolute Gasteiger partial charge is 0.337 e. The van der Waals surface area contributed by atoms with Crippen LogP contribution in [-0.4, -0.2) is 22.8 Å². The number of ether oxygens (including phenoxy) is 1. The number of cyclic esters (lactones) is 1. The number of rotatable bonds is 2. The highest BCUT2D eigenvalue weighted by Gasteiger charge is 2.40. The molecule has 2 N–H and O–H groups in total. The highest BCUT2D eigenvalue weighted by atomic mass is 16.5. The van der Waals surface area contributed by atoms with E-state index >= 15 is 0 Å². The molecule has 3 heterocycles. The van der Waals surface area contributed by atoms with E-state index in [9.17, 15) is 4.79 Å². The zero-order valence-electron chi connectivity index (χ0n) is 13.4. The fourth-order valence-corrected chi connectivity index (χ4v) is 3.39. The summed E-state index contributed by atoms with van der Waals surface area (Å²) < 4.78 is 5.24. The van der Waals surface area contributed by atoms with Gasteiger partial charge in [-0.25, -0.2) is 4.79 Å². The number of benzene rings is 1. The maximum Gasteiger partial charge on any atom is 0.337 e. The third-order valence-electron chi connectivity index (χ3n) is 4.67. The van der Waals surface area contributed by atoms with Crippen LogP contribution >= 0.6 is 0 Å². The topological polar surface area (TPSA) is 67.0 Å². The molecule has 0 radical (unpaired) electrons. The number of aryl methyl sites for hydroxylation is 1. The van der Waals surface area contributed by atoms with Crippen LogP contribution in [0.25, 0.3) is 0 Å². The number of aromatic nitrogens is 2. The average Bonchev–Trinajstić information content (AvgIpc) is 3.10. The summed E-state index contributed by atoms with van der Waals surface area (Å²) >= 11 is 0. The predicted molar refractivity (Wildman–Crippen MR) is 87.3 cm³/mol. The lowest BCUT2D eigenvalue weighted by molar-refractivity contribution is -0.136. The predicted octanol–water partition coefficient (Wildman–Crippen LogP) is 3.21. The standard InChI is InChI=1S/C18H19N3O2/c1-9(2)11-4-6-12(7-5-11)15-14-10(3)20-21-17(14)19-13-8-23-18(22)16(13)15/h4-7,9,15H,8H2,1-3H3,(H2,19,20,21). The van der Waals surface area contributed by atoms with Crippen molar-refractivity contribution in [3.8, 4) is 0 Å². The lowest BCUT2D eigenvalue weighted by Gasteiger charge is -2.24. The summed E-state index contributed by atoms with van der Waals surface area (Å²) in [6, 6.07) is 8.49. The Morgan fingerprint density at radius 1 is 1.26 bits per heavy atom. The summed E-state index contributed by atoms with van der Waals surface area (Å²) in [5.74, 6) is 0.903. The molecule has 2 aliphatic heterocycles. The first-order valence-electron chi connectivity index (χ1n) is 7.88. The number of anilines is 1. The summed E-state index contributed by atoms with van der Waals surface area (Å²) in [5.41, 5.74) is 5.91. The van der Waals surface area contributed by atoms with Gasteiger partial charge in [-0.15, -0.1) is 0 Å². The van der Waals surface area contributed by atoms with Gasteiger partial charge in [0.2, 0.25) is 0 Å². The molecule has 1 atom stereocenters. The number of aromatic amines is 1. The van der Waals surface area contributed by atoms with E-state index in [4.69, 9.17) is 4.74 Å². The lowest BCUT2D eigenvalue weighted by Crippen LogP contribution is -2.19. The zero-order chi connectivity index (χ0) is 16.1. The van der Waals surface area contributed by atoms with Crippen molar-refractivity contribution in [3.63, 3.8) is 0 Å². The van der Waals surface area contributed by atoms with E-state index in [1.165, 1.54) is 5.56 Å². The number of hydrogen-bond donors (Lipinski definition) is 2. The molecule has 1 aromatic heterocycles. The number of H-pyrrole nitrogens is 1. The van der Waals surface area contributed by atoms with Gasteiger partial charge in [-0.1, -0.05) is 38.1 Å². The molecular weight excluding hydrogens is 290 g/mol. The first-order chi connectivity index (χ1) is 11.1. The largest absolute Gasteiger partial charge is 0.456 e. The highest BCUT2D eigenvalue weighted by molar-refractivity contribution is 5.97. The Morgan fingerprint density at radius 2 is 2.00 bits per heavy atom. The first kappa shape index (κ1) is 14.1.